The maximum absolute atomic E-state index is 4.35. The van der Waals surface area contributed by atoms with E-state index in [9.17, 15) is 0 Å². The lowest BCUT2D eigenvalue weighted by molar-refractivity contribution is 1.20. The minimum absolute atomic E-state index is 0.678. The zero-order chi connectivity index (χ0) is 10.1. The van der Waals surface area contributed by atoms with E-state index in [1.165, 1.54) is 6.33 Å². The maximum atomic E-state index is 4.35. The number of aromatic amines is 1. The van der Waals surface area contributed by atoms with Crippen LogP contribution >= 0.6 is 0 Å². The summed E-state index contributed by atoms with van der Waals surface area (Å²) in [6, 6.07) is 10.8. The summed E-state index contributed by atoms with van der Waals surface area (Å²) in [7, 11) is 0. The lowest BCUT2D eigenvalue weighted by Crippen LogP contribution is -1.78. The van der Waals surface area contributed by atoms with Crippen molar-refractivity contribution in [3.05, 3.63) is 42.9 Å². The normalized spacial score (nSPS) is 10.7. The summed E-state index contributed by atoms with van der Waals surface area (Å²) in [5.74, 6) is 0.770. The van der Waals surface area contributed by atoms with E-state index in [1.54, 1.807) is 6.20 Å². The fourth-order valence-electron chi connectivity index (χ4n) is 1.43. The number of hydrogen-bond donors (Lipinski definition) is 1. The smallest absolute Gasteiger partial charge is 0.181 e. The number of benzene rings is 1. The molecule has 15 heavy (non-hydrogen) atoms. The van der Waals surface area contributed by atoms with Gasteiger partial charge in [-0.1, -0.05) is 24.3 Å². The molecule has 0 aliphatic carbocycles. The van der Waals surface area contributed by atoms with Gasteiger partial charge in [-0.2, -0.15) is 0 Å². The zero-order valence-corrected chi connectivity index (χ0v) is 7.81. The zero-order valence-electron chi connectivity index (χ0n) is 7.81. The first kappa shape index (κ1) is 8.11. The molecule has 0 unspecified atom stereocenters. The van der Waals surface area contributed by atoms with Crippen molar-refractivity contribution in [1.82, 2.24) is 19.9 Å². The van der Waals surface area contributed by atoms with E-state index in [-0.39, 0.29) is 0 Å². The average molecular weight is 195 g/mol. The largest absolute Gasteiger partial charge is 0.335 e. The number of hydrogen-bond acceptors (Lipinski definition) is 3. The first-order valence-electron chi connectivity index (χ1n) is 4.56. The third kappa shape index (κ3) is 1.36. The molecule has 2 aromatic heterocycles. The average Bonchev–Trinajstić information content (AvgIpc) is 2.74. The highest BCUT2D eigenvalue weighted by atomic mass is 15.0. The predicted molar refractivity (Wildman–Crippen MR) is 56.0 cm³/mol. The van der Waals surface area contributed by atoms with Crippen molar-refractivity contribution >= 4 is 11.2 Å². The lowest BCUT2D eigenvalue weighted by atomic mass is 10.2. The monoisotopic (exact) mass is 195 g/mol. The van der Waals surface area contributed by atoms with Crippen LogP contribution in [-0.4, -0.2) is 19.9 Å². The van der Waals surface area contributed by atoms with Crippen molar-refractivity contribution in [2.75, 3.05) is 0 Å². The van der Waals surface area contributed by atoms with Gasteiger partial charge in [0.15, 0.2) is 5.65 Å². The van der Waals surface area contributed by atoms with Crippen molar-refractivity contribution in [1.29, 1.82) is 0 Å². The number of aromatic nitrogens is 4. The van der Waals surface area contributed by atoms with E-state index in [0.29, 0.717) is 5.65 Å². The lowest BCUT2D eigenvalue weighted by Gasteiger charge is -1.92. The van der Waals surface area contributed by atoms with Gasteiger partial charge in [0.25, 0.3) is 0 Å². The SMILES string of the molecule is [c]1ccccc1-c1nc2ncncc2[nH]1. The summed E-state index contributed by atoms with van der Waals surface area (Å²) in [5.41, 5.74) is 2.44. The van der Waals surface area contributed by atoms with E-state index >= 15 is 0 Å². The Bertz CT molecular complexity index is 553. The van der Waals surface area contributed by atoms with Gasteiger partial charge in [0, 0.05) is 5.56 Å². The minimum Gasteiger partial charge on any atom is -0.335 e. The Morgan fingerprint density at radius 3 is 3.07 bits per heavy atom. The molecule has 0 saturated carbocycles. The molecule has 4 nitrogen and oxygen atoms in total. The van der Waals surface area contributed by atoms with Crippen LogP contribution in [0.5, 0.6) is 0 Å². The number of rotatable bonds is 1. The van der Waals surface area contributed by atoms with Crippen molar-refractivity contribution in [2.45, 2.75) is 0 Å². The van der Waals surface area contributed by atoms with Crippen LogP contribution in [0.1, 0.15) is 0 Å². The summed E-state index contributed by atoms with van der Waals surface area (Å²) < 4.78 is 0. The Hall–Kier alpha value is -2.23. The molecule has 3 aromatic rings. The Morgan fingerprint density at radius 2 is 2.27 bits per heavy atom. The van der Waals surface area contributed by atoms with Gasteiger partial charge in [-0.15, -0.1) is 0 Å². The highest BCUT2D eigenvalue weighted by Gasteiger charge is 2.04. The molecule has 1 N–H and O–H groups in total. The molecule has 0 saturated heterocycles. The number of H-pyrrole nitrogens is 1. The standard InChI is InChI=1S/C11H7N4/c1-2-4-8(5-3-1)10-14-9-6-12-7-13-11(9)15-10/h1-4,6-7H,(H,12,13,14,15). The second-order valence-electron chi connectivity index (χ2n) is 3.12. The Morgan fingerprint density at radius 1 is 1.27 bits per heavy atom. The van der Waals surface area contributed by atoms with Crippen molar-refractivity contribution in [3.63, 3.8) is 0 Å². The van der Waals surface area contributed by atoms with E-state index < -0.39 is 0 Å². The first-order chi connectivity index (χ1) is 7.43. The van der Waals surface area contributed by atoms with Gasteiger partial charge in [0.05, 0.1) is 6.20 Å². The number of imidazole rings is 1. The van der Waals surface area contributed by atoms with Crippen molar-refractivity contribution in [2.24, 2.45) is 0 Å². The van der Waals surface area contributed by atoms with E-state index in [1.807, 2.05) is 24.3 Å². The molecule has 0 amide bonds. The second-order valence-corrected chi connectivity index (χ2v) is 3.12. The third-order valence-corrected chi connectivity index (χ3v) is 2.13. The summed E-state index contributed by atoms with van der Waals surface area (Å²) in [6.07, 6.45) is 3.20. The summed E-state index contributed by atoms with van der Waals surface area (Å²) in [4.78, 5) is 15.5. The molecular formula is C11H7N4. The Balaban J connectivity index is 2.21. The molecular weight excluding hydrogens is 188 g/mol. The topological polar surface area (TPSA) is 54.5 Å². The Labute approximate surface area is 86.0 Å². The molecule has 0 atom stereocenters. The van der Waals surface area contributed by atoms with Gasteiger partial charge in [0.1, 0.15) is 17.7 Å². The number of fused-ring (bicyclic) bond motifs is 1. The van der Waals surface area contributed by atoms with Crippen LogP contribution < -0.4 is 0 Å². The molecule has 3 rings (SSSR count). The van der Waals surface area contributed by atoms with Gasteiger partial charge in [0.2, 0.25) is 0 Å². The fraction of sp³-hybridized carbons (Fsp3) is 0. The molecule has 0 bridgehead atoms. The van der Waals surface area contributed by atoms with Crippen LogP contribution in [0.25, 0.3) is 22.6 Å². The van der Waals surface area contributed by atoms with Crippen molar-refractivity contribution in [3.8, 4) is 11.4 Å². The van der Waals surface area contributed by atoms with E-state index in [0.717, 1.165) is 16.9 Å². The second kappa shape index (κ2) is 3.16. The van der Waals surface area contributed by atoms with Crippen LogP contribution in [-0.2, 0) is 0 Å². The van der Waals surface area contributed by atoms with Gasteiger partial charge in [-0.05, 0) is 6.07 Å². The van der Waals surface area contributed by atoms with Crippen LogP contribution in [0.2, 0.25) is 0 Å². The van der Waals surface area contributed by atoms with Gasteiger partial charge in [-0.25, -0.2) is 15.0 Å². The van der Waals surface area contributed by atoms with Crippen LogP contribution in [0.3, 0.4) is 0 Å². The quantitative estimate of drug-likeness (QED) is 0.644. The number of nitrogens with one attached hydrogen (secondary N) is 1. The highest BCUT2D eigenvalue weighted by Crippen LogP contribution is 2.17. The maximum Gasteiger partial charge on any atom is 0.181 e. The molecule has 71 valence electrons. The summed E-state index contributed by atoms with van der Waals surface area (Å²) in [5, 5.41) is 0. The number of nitrogens with zero attached hydrogens (tertiary/aromatic N) is 3. The van der Waals surface area contributed by atoms with Gasteiger partial charge in [-0.3, -0.25) is 0 Å². The Kier molecular flexibility index (Phi) is 1.71. The predicted octanol–water partition coefficient (Wildman–Crippen LogP) is 1.82. The van der Waals surface area contributed by atoms with Gasteiger partial charge < -0.3 is 4.98 Å². The van der Waals surface area contributed by atoms with Gasteiger partial charge >= 0.3 is 0 Å². The molecule has 0 aliphatic rings. The molecule has 2 heterocycles. The first-order valence-corrected chi connectivity index (χ1v) is 4.56. The summed E-state index contributed by atoms with van der Waals surface area (Å²) in [6.45, 7) is 0. The third-order valence-electron chi connectivity index (χ3n) is 2.13. The molecule has 1 aromatic carbocycles. The minimum atomic E-state index is 0.678. The molecule has 0 aliphatic heterocycles. The summed E-state index contributed by atoms with van der Waals surface area (Å²) >= 11 is 0. The van der Waals surface area contributed by atoms with Crippen LogP contribution in [0.4, 0.5) is 0 Å². The molecule has 1 radical (unpaired) electrons. The van der Waals surface area contributed by atoms with E-state index in [2.05, 4.69) is 26.0 Å². The van der Waals surface area contributed by atoms with Crippen LogP contribution in [0.15, 0.2) is 36.8 Å². The molecule has 0 spiro atoms. The van der Waals surface area contributed by atoms with E-state index in [4.69, 9.17) is 0 Å². The van der Waals surface area contributed by atoms with Crippen LogP contribution in [0, 0.1) is 6.07 Å². The molecule has 4 heteroatoms. The fourth-order valence-corrected chi connectivity index (χ4v) is 1.43. The van der Waals surface area contributed by atoms with Crippen molar-refractivity contribution < 1.29 is 0 Å². The highest BCUT2D eigenvalue weighted by molar-refractivity contribution is 5.74. The molecule has 0 fully saturated rings.